The van der Waals surface area contributed by atoms with Crippen molar-refractivity contribution in [3.63, 3.8) is 0 Å². The van der Waals surface area contributed by atoms with E-state index in [-0.39, 0.29) is 24.2 Å². The van der Waals surface area contributed by atoms with E-state index in [4.69, 9.17) is 11.5 Å². The number of nitrogens with zero attached hydrogens (tertiary/aromatic N) is 1. The van der Waals surface area contributed by atoms with E-state index < -0.39 is 0 Å². The number of halogens is 1. The maximum atomic E-state index is 12.2. The number of hydrogen-bond donors (Lipinski definition) is 2. The first-order valence-electron chi connectivity index (χ1n) is 6.49. The molecule has 0 aliphatic carbocycles. The van der Waals surface area contributed by atoms with E-state index >= 15 is 0 Å². The molecule has 0 atom stereocenters. The zero-order chi connectivity index (χ0) is 13.8. The van der Waals surface area contributed by atoms with Gasteiger partial charge in [0.15, 0.2) is 0 Å². The number of primary amides is 1. The number of nitrogen functional groups attached to an aromatic ring is 1. The summed E-state index contributed by atoms with van der Waals surface area (Å²) >= 11 is 0. The molecule has 1 aromatic rings. The Labute approximate surface area is 124 Å². The molecule has 2 rings (SSSR count). The Morgan fingerprint density at radius 3 is 2.20 bits per heavy atom. The van der Waals surface area contributed by atoms with Crippen LogP contribution in [0.15, 0.2) is 24.3 Å². The molecule has 2 amide bonds. The summed E-state index contributed by atoms with van der Waals surface area (Å²) < 4.78 is 0. The number of carbonyl (C=O) groups is 2. The molecule has 1 heterocycles. The van der Waals surface area contributed by atoms with Gasteiger partial charge >= 0.3 is 0 Å². The predicted molar refractivity (Wildman–Crippen MR) is 80.5 cm³/mol. The molecule has 0 spiro atoms. The van der Waals surface area contributed by atoms with Crippen molar-refractivity contribution < 1.29 is 9.59 Å². The van der Waals surface area contributed by atoms with Crippen molar-refractivity contribution >= 4 is 29.9 Å². The van der Waals surface area contributed by atoms with Crippen molar-refractivity contribution in [1.82, 2.24) is 4.90 Å². The fraction of sp³-hybridized carbons (Fsp3) is 0.429. The maximum absolute atomic E-state index is 12.2. The highest BCUT2D eigenvalue weighted by Gasteiger charge is 2.24. The standard InChI is InChI=1S/C14H19N3O2.ClH/c15-12-3-1-11(2-4-12)14(19)17-7-5-10(6-8-17)9-13(16)18;/h1-4,10H,5-9,15H2,(H2,16,18);1H. The summed E-state index contributed by atoms with van der Waals surface area (Å²) in [5.74, 6) is 0.0776. The van der Waals surface area contributed by atoms with Crippen LogP contribution in [0.4, 0.5) is 5.69 Å². The van der Waals surface area contributed by atoms with Crippen molar-refractivity contribution in [1.29, 1.82) is 0 Å². The lowest BCUT2D eigenvalue weighted by Crippen LogP contribution is -2.39. The largest absolute Gasteiger partial charge is 0.399 e. The molecule has 1 aromatic carbocycles. The summed E-state index contributed by atoms with van der Waals surface area (Å²) in [6.45, 7) is 1.36. The first kappa shape index (κ1) is 16.3. The first-order valence-corrected chi connectivity index (χ1v) is 6.49. The van der Waals surface area contributed by atoms with Crippen LogP contribution in [0.5, 0.6) is 0 Å². The van der Waals surface area contributed by atoms with Gasteiger partial charge < -0.3 is 16.4 Å². The topological polar surface area (TPSA) is 89.4 Å². The van der Waals surface area contributed by atoms with Crippen molar-refractivity contribution in [2.45, 2.75) is 19.3 Å². The monoisotopic (exact) mass is 297 g/mol. The van der Waals surface area contributed by atoms with Gasteiger partial charge in [0.1, 0.15) is 0 Å². The molecule has 1 aliphatic rings. The molecule has 0 aromatic heterocycles. The lowest BCUT2D eigenvalue weighted by Gasteiger charge is -2.31. The van der Waals surface area contributed by atoms with Crippen LogP contribution in [0.3, 0.4) is 0 Å². The summed E-state index contributed by atoms with van der Waals surface area (Å²) in [6, 6.07) is 6.94. The van der Waals surface area contributed by atoms with Gasteiger partial charge in [0, 0.05) is 30.8 Å². The van der Waals surface area contributed by atoms with Crippen LogP contribution >= 0.6 is 12.4 Å². The van der Waals surface area contributed by atoms with E-state index in [0.29, 0.717) is 36.7 Å². The Balaban J connectivity index is 0.00000200. The predicted octanol–water partition coefficient (Wildman–Crippen LogP) is 1.42. The van der Waals surface area contributed by atoms with Gasteiger partial charge in [-0.25, -0.2) is 0 Å². The van der Waals surface area contributed by atoms with Crippen LogP contribution in [0, 0.1) is 5.92 Å². The highest BCUT2D eigenvalue weighted by atomic mass is 35.5. The highest BCUT2D eigenvalue weighted by molar-refractivity contribution is 5.94. The third-order valence-corrected chi connectivity index (χ3v) is 3.55. The molecule has 6 heteroatoms. The van der Waals surface area contributed by atoms with E-state index in [9.17, 15) is 9.59 Å². The lowest BCUT2D eigenvalue weighted by molar-refractivity contribution is -0.119. The number of piperidine rings is 1. The molecule has 110 valence electrons. The number of anilines is 1. The Morgan fingerprint density at radius 1 is 1.15 bits per heavy atom. The number of carbonyl (C=O) groups excluding carboxylic acids is 2. The fourth-order valence-electron chi connectivity index (χ4n) is 2.43. The summed E-state index contributed by atoms with van der Waals surface area (Å²) in [6.07, 6.45) is 2.09. The SMILES string of the molecule is Cl.NC(=O)CC1CCN(C(=O)c2ccc(N)cc2)CC1. The van der Waals surface area contributed by atoms with Gasteiger partial charge in [-0.3, -0.25) is 9.59 Å². The molecule has 4 N–H and O–H groups in total. The van der Waals surface area contributed by atoms with Gasteiger partial charge in [-0.15, -0.1) is 12.4 Å². The zero-order valence-electron chi connectivity index (χ0n) is 11.2. The molecular weight excluding hydrogens is 278 g/mol. The quantitative estimate of drug-likeness (QED) is 0.827. The Kier molecular flexibility index (Phi) is 5.82. The van der Waals surface area contributed by atoms with Crippen LogP contribution in [-0.2, 0) is 4.79 Å². The second-order valence-corrected chi connectivity index (χ2v) is 5.03. The number of hydrogen-bond acceptors (Lipinski definition) is 3. The highest BCUT2D eigenvalue weighted by Crippen LogP contribution is 2.21. The van der Waals surface area contributed by atoms with Crippen molar-refractivity contribution in [2.75, 3.05) is 18.8 Å². The smallest absolute Gasteiger partial charge is 0.253 e. The number of rotatable bonds is 3. The number of benzene rings is 1. The molecule has 0 unspecified atom stereocenters. The molecule has 1 aliphatic heterocycles. The van der Waals surface area contributed by atoms with E-state index in [1.807, 2.05) is 4.90 Å². The van der Waals surface area contributed by atoms with Crippen molar-refractivity contribution in [3.8, 4) is 0 Å². The minimum Gasteiger partial charge on any atom is -0.399 e. The molecule has 0 bridgehead atoms. The number of amides is 2. The van der Waals surface area contributed by atoms with Gasteiger partial charge in [0.05, 0.1) is 0 Å². The molecular formula is C14H20ClN3O2. The molecule has 1 saturated heterocycles. The van der Waals surface area contributed by atoms with Crippen LogP contribution < -0.4 is 11.5 Å². The third-order valence-electron chi connectivity index (χ3n) is 3.55. The summed E-state index contributed by atoms with van der Waals surface area (Å²) in [5.41, 5.74) is 12.1. The van der Waals surface area contributed by atoms with E-state index in [0.717, 1.165) is 12.8 Å². The van der Waals surface area contributed by atoms with E-state index in [1.165, 1.54) is 0 Å². The second kappa shape index (κ2) is 7.14. The molecule has 1 fully saturated rings. The normalized spacial score (nSPS) is 15.5. The fourth-order valence-corrected chi connectivity index (χ4v) is 2.43. The van der Waals surface area contributed by atoms with Crippen molar-refractivity contribution in [2.24, 2.45) is 11.7 Å². The van der Waals surface area contributed by atoms with Crippen molar-refractivity contribution in [3.05, 3.63) is 29.8 Å². The lowest BCUT2D eigenvalue weighted by atomic mass is 9.93. The second-order valence-electron chi connectivity index (χ2n) is 5.03. The third kappa shape index (κ3) is 4.13. The van der Waals surface area contributed by atoms with Crippen LogP contribution in [0.25, 0.3) is 0 Å². The van der Waals surface area contributed by atoms with Gasteiger partial charge in [0.25, 0.3) is 5.91 Å². The Morgan fingerprint density at radius 2 is 1.70 bits per heavy atom. The van der Waals surface area contributed by atoms with E-state index in [1.54, 1.807) is 24.3 Å². The minimum atomic E-state index is -0.261. The van der Waals surface area contributed by atoms with Crippen LogP contribution in [-0.4, -0.2) is 29.8 Å². The van der Waals surface area contributed by atoms with Crippen LogP contribution in [0.2, 0.25) is 0 Å². The van der Waals surface area contributed by atoms with E-state index in [2.05, 4.69) is 0 Å². The maximum Gasteiger partial charge on any atom is 0.253 e. The molecule has 0 saturated carbocycles. The van der Waals surface area contributed by atoms with Gasteiger partial charge in [-0.1, -0.05) is 0 Å². The minimum absolute atomic E-state index is 0. The Bertz CT molecular complexity index is 468. The molecule has 5 nitrogen and oxygen atoms in total. The van der Waals surface area contributed by atoms with Gasteiger partial charge in [0.2, 0.25) is 5.91 Å². The van der Waals surface area contributed by atoms with Crippen LogP contribution in [0.1, 0.15) is 29.6 Å². The first-order chi connectivity index (χ1) is 9.06. The Hall–Kier alpha value is -1.75. The molecule has 20 heavy (non-hydrogen) atoms. The number of nitrogens with two attached hydrogens (primary N) is 2. The average molecular weight is 298 g/mol. The summed E-state index contributed by atoms with van der Waals surface area (Å²) in [4.78, 5) is 24.9. The summed E-state index contributed by atoms with van der Waals surface area (Å²) in [5, 5.41) is 0. The van der Waals surface area contributed by atoms with Gasteiger partial charge in [-0.2, -0.15) is 0 Å². The molecule has 0 radical (unpaired) electrons. The summed E-state index contributed by atoms with van der Waals surface area (Å²) in [7, 11) is 0. The number of likely N-dealkylation sites (tertiary alicyclic amines) is 1. The average Bonchev–Trinajstić information content (AvgIpc) is 2.39. The van der Waals surface area contributed by atoms with Gasteiger partial charge in [-0.05, 0) is 43.0 Å². The zero-order valence-corrected chi connectivity index (χ0v) is 12.1.